The number of hydrogen-bond acceptors (Lipinski definition) is 4. The van der Waals surface area contributed by atoms with E-state index in [1.165, 1.54) is 0 Å². The molecule has 0 N–H and O–H groups in total. The Bertz CT molecular complexity index is 713. The van der Waals surface area contributed by atoms with E-state index in [1.807, 2.05) is 0 Å². The molecule has 3 rings (SSSR count). The molecule has 0 fully saturated rings. The Kier molecular flexibility index (Phi) is 3.19. The van der Waals surface area contributed by atoms with Crippen molar-refractivity contribution in [3.05, 3.63) is 52.8 Å². The number of aromatic nitrogens is 3. The van der Waals surface area contributed by atoms with Gasteiger partial charge < -0.3 is 4.42 Å². The fourth-order valence-corrected chi connectivity index (χ4v) is 2.10. The first-order chi connectivity index (χ1) is 9.24. The van der Waals surface area contributed by atoms with Gasteiger partial charge in [-0.3, -0.25) is 4.98 Å². The van der Waals surface area contributed by atoms with Gasteiger partial charge in [0, 0.05) is 23.0 Å². The summed E-state index contributed by atoms with van der Waals surface area (Å²) in [6.07, 6.45) is 3.32. The van der Waals surface area contributed by atoms with Gasteiger partial charge in [-0.25, -0.2) is 0 Å². The minimum Gasteiger partial charge on any atom is -0.416 e. The van der Waals surface area contributed by atoms with Crippen LogP contribution in [0.25, 0.3) is 22.9 Å². The summed E-state index contributed by atoms with van der Waals surface area (Å²) >= 11 is 11.9. The average Bonchev–Trinajstić information content (AvgIpc) is 2.89. The van der Waals surface area contributed by atoms with Gasteiger partial charge in [0.05, 0.1) is 10.6 Å². The zero-order chi connectivity index (χ0) is 13.2. The lowest BCUT2D eigenvalue weighted by atomic mass is 10.2. The average molecular weight is 292 g/mol. The molecule has 0 atom stereocenters. The van der Waals surface area contributed by atoms with Crippen LogP contribution >= 0.6 is 23.2 Å². The van der Waals surface area contributed by atoms with Crippen molar-refractivity contribution in [2.45, 2.75) is 0 Å². The summed E-state index contributed by atoms with van der Waals surface area (Å²) in [6, 6.07) is 8.68. The summed E-state index contributed by atoms with van der Waals surface area (Å²) in [5.41, 5.74) is 1.46. The van der Waals surface area contributed by atoms with Crippen LogP contribution in [0.2, 0.25) is 10.0 Å². The predicted octanol–water partition coefficient (Wildman–Crippen LogP) is 4.11. The molecule has 0 saturated carbocycles. The van der Waals surface area contributed by atoms with Crippen molar-refractivity contribution in [3.63, 3.8) is 0 Å². The lowest BCUT2D eigenvalue weighted by molar-refractivity contribution is 0.584. The largest absolute Gasteiger partial charge is 0.416 e. The van der Waals surface area contributed by atoms with E-state index in [4.69, 9.17) is 27.6 Å². The van der Waals surface area contributed by atoms with Gasteiger partial charge in [0.1, 0.15) is 0 Å². The third kappa shape index (κ3) is 2.45. The molecule has 2 aromatic heterocycles. The molecule has 0 saturated heterocycles. The number of pyridine rings is 1. The van der Waals surface area contributed by atoms with E-state index in [-0.39, 0.29) is 0 Å². The van der Waals surface area contributed by atoms with Gasteiger partial charge >= 0.3 is 0 Å². The molecule has 3 aromatic rings. The minimum absolute atomic E-state index is 0.355. The molecule has 0 radical (unpaired) electrons. The second-order valence-corrected chi connectivity index (χ2v) is 4.62. The molecule has 0 aliphatic carbocycles. The van der Waals surface area contributed by atoms with Crippen LogP contribution in [-0.4, -0.2) is 15.2 Å². The third-order valence-electron chi connectivity index (χ3n) is 2.51. The quantitative estimate of drug-likeness (QED) is 0.713. The first kappa shape index (κ1) is 12.1. The normalized spacial score (nSPS) is 10.6. The molecule has 0 bridgehead atoms. The Morgan fingerprint density at radius 1 is 0.895 bits per heavy atom. The third-order valence-corrected chi connectivity index (χ3v) is 3.06. The molecule has 0 aliphatic rings. The van der Waals surface area contributed by atoms with Crippen molar-refractivity contribution in [1.29, 1.82) is 0 Å². The lowest BCUT2D eigenvalue weighted by Crippen LogP contribution is -1.79. The Morgan fingerprint density at radius 2 is 1.63 bits per heavy atom. The van der Waals surface area contributed by atoms with Crippen LogP contribution < -0.4 is 0 Å². The molecule has 0 spiro atoms. The maximum Gasteiger partial charge on any atom is 0.249 e. The van der Waals surface area contributed by atoms with E-state index < -0.39 is 0 Å². The maximum absolute atomic E-state index is 6.10. The SMILES string of the molecule is Clc1ccc(-c2nnc(-c3ccncc3)o2)c(Cl)c1. The fourth-order valence-electron chi connectivity index (χ4n) is 1.61. The first-order valence-corrected chi connectivity index (χ1v) is 6.19. The Hall–Kier alpha value is -1.91. The molecule has 2 heterocycles. The van der Waals surface area contributed by atoms with E-state index in [2.05, 4.69) is 15.2 Å². The highest BCUT2D eigenvalue weighted by molar-refractivity contribution is 6.36. The van der Waals surface area contributed by atoms with Crippen LogP contribution in [-0.2, 0) is 0 Å². The van der Waals surface area contributed by atoms with E-state index in [1.54, 1.807) is 42.7 Å². The summed E-state index contributed by atoms with van der Waals surface area (Å²) in [5.74, 6) is 0.775. The summed E-state index contributed by atoms with van der Waals surface area (Å²) < 4.78 is 5.60. The zero-order valence-electron chi connectivity index (χ0n) is 9.55. The number of benzene rings is 1. The standard InChI is InChI=1S/C13H7Cl2N3O/c14-9-1-2-10(11(15)7-9)13-18-17-12(19-13)8-3-5-16-6-4-8/h1-7H. The number of nitrogens with zero attached hydrogens (tertiary/aromatic N) is 3. The number of halogens is 2. The van der Waals surface area contributed by atoms with Gasteiger partial charge in [0.25, 0.3) is 0 Å². The second kappa shape index (κ2) is 4.99. The topological polar surface area (TPSA) is 51.8 Å². The van der Waals surface area contributed by atoms with Crippen LogP contribution in [0.1, 0.15) is 0 Å². The number of rotatable bonds is 2. The van der Waals surface area contributed by atoms with Crippen molar-refractivity contribution in [1.82, 2.24) is 15.2 Å². The van der Waals surface area contributed by atoms with Crippen LogP contribution in [0.4, 0.5) is 0 Å². The molecule has 6 heteroatoms. The van der Waals surface area contributed by atoms with E-state index >= 15 is 0 Å². The Balaban J connectivity index is 2.02. The van der Waals surface area contributed by atoms with Crippen LogP contribution in [0.15, 0.2) is 47.1 Å². The van der Waals surface area contributed by atoms with Crippen LogP contribution in [0.5, 0.6) is 0 Å². The van der Waals surface area contributed by atoms with Crippen molar-refractivity contribution < 1.29 is 4.42 Å². The highest BCUT2D eigenvalue weighted by Gasteiger charge is 2.13. The van der Waals surface area contributed by atoms with Gasteiger partial charge in [-0.05, 0) is 30.3 Å². The van der Waals surface area contributed by atoms with Gasteiger partial charge in [-0.1, -0.05) is 23.2 Å². The fraction of sp³-hybridized carbons (Fsp3) is 0. The molecule has 0 aliphatic heterocycles. The summed E-state index contributed by atoms with van der Waals surface area (Å²) in [5, 5.41) is 9.01. The number of hydrogen-bond donors (Lipinski definition) is 0. The Labute approximate surface area is 119 Å². The molecule has 0 unspecified atom stereocenters. The van der Waals surface area contributed by atoms with Crippen LogP contribution in [0.3, 0.4) is 0 Å². The highest BCUT2D eigenvalue weighted by atomic mass is 35.5. The van der Waals surface area contributed by atoms with E-state index in [0.29, 0.717) is 27.4 Å². The molecular weight excluding hydrogens is 285 g/mol. The van der Waals surface area contributed by atoms with Gasteiger partial charge in [-0.15, -0.1) is 10.2 Å². The molecular formula is C13H7Cl2N3O. The molecule has 0 amide bonds. The molecule has 4 nitrogen and oxygen atoms in total. The summed E-state index contributed by atoms with van der Waals surface area (Å²) in [6.45, 7) is 0. The van der Waals surface area contributed by atoms with Gasteiger partial charge in [-0.2, -0.15) is 0 Å². The van der Waals surface area contributed by atoms with Crippen molar-refractivity contribution in [2.24, 2.45) is 0 Å². The lowest BCUT2D eigenvalue weighted by Gasteiger charge is -1.98. The van der Waals surface area contributed by atoms with Crippen LogP contribution in [0, 0.1) is 0 Å². The first-order valence-electron chi connectivity index (χ1n) is 5.43. The van der Waals surface area contributed by atoms with Gasteiger partial charge in [0.15, 0.2) is 0 Å². The maximum atomic E-state index is 6.10. The minimum atomic E-state index is 0.355. The molecule has 1 aromatic carbocycles. The highest BCUT2D eigenvalue weighted by Crippen LogP contribution is 2.30. The predicted molar refractivity (Wildman–Crippen MR) is 73.0 cm³/mol. The molecule has 94 valence electrons. The van der Waals surface area contributed by atoms with Crippen molar-refractivity contribution in [2.75, 3.05) is 0 Å². The second-order valence-electron chi connectivity index (χ2n) is 3.77. The smallest absolute Gasteiger partial charge is 0.249 e. The Morgan fingerprint density at radius 3 is 2.37 bits per heavy atom. The van der Waals surface area contributed by atoms with Gasteiger partial charge in [0.2, 0.25) is 11.8 Å². The van der Waals surface area contributed by atoms with E-state index in [0.717, 1.165) is 5.56 Å². The summed E-state index contributed by atoms with van der Waals surface area (Å²) in [7, 11) is 0. The monoisotopic (exact) mass is 291 g/mol. The van der Waals surface area contributed by atoms with E-state index in [9.17, 15) is 0 Å². The van der Waals surface area contributed by atoms with Crippen molar-refractivity contribution in [3.8, 4) is 22.9 Å². The summed E-state index contributed by atoms with van der Waals surface area (Å²) in [4.78, 5) is 3.93. The molecule has 19 heavy (non-hydrogen) atoms. The zero-order valence-corrected chi connectivity index (χ0v) is 11.1. The van der Waals surface area contributed by atoms with Crippen molar-refractivity contribution >= 4 is 23.2 Å².